The van der Waals surface area contributed by atoms with Crippen LogP contribution >= 0.6 is 0 Å². The number of esters is 2. The molecule has 0 aliphatic carbocycles. The van der Waals surface area contributed by atoms with E-state index < -0.39 is 53.0 Å². The molecule has 0 saturated heterocycles. The first-order chi connectivity index (χ1) is 31.5. The third-order valence-corrected chi connectivity index (χ3v) is 8.74. The summed E-state index contributed by atoms with van der Waals surface area (Å²) in [7, 11) is 2.45. The SMILES string of the molecule is COC(=O)CC[C@H](N)C(=O)O.COC(=O)CC[C@H](NC(=O)c1ccc(NCc2cnc3nc(N)[nH]c(=O)c3n2)cc1)C(=O)O.Nc1nc2ncc(CNc3ccc([C-]=O)cc3)nc2c(=O)[nH]1.[Na+]. The zero-order valence-corrected chi connectivity index (χ0v) is 38.1. The molecule has 0 fully saturated rings. The maximum Gasteiger partial charge on any atom is 1.00 e. The smallest absolute Gasteiger partial charge is 0.480 e. The molecule has 4 heterocycles. The Balaban J connectivity index is 0.000000300. The van der Waals surface area contributed by atoms with Gasteiger partial charge in [0.25, 0.3) is 17.0 Å². The van der Waals surface area contributed by atoms with Crippen molar-refractivity contribution in [2.24, 2.45) is 5.73 Å². The number of benzene rings is 2. The van der Waals surface area contributed by atoms with Gasteiger partial charge in [0.2, 0.25) is 11.9 Å². The molecule has 26 nitrogen and oxygen atoms in total. The molecule has 6 rings (SSSR count). The van der Waals surface area contributed by atoms with Gasteiger partial charge in [-0.05, 0) is 37.1 Å². The number of anilines is 4. The van der Waals surface area contributed by atoms with Crippen molar-refractivity contribution in [1.29, 1.82) is 0 Å². The van der Waals surface area contributed by atoms with Crippen molar-refractivity contribution in [2.45, 2.75) is 50.9 Å². The van der Waals surface area contributed by atoms with Gasteiger partial charge < -0.3 is 57.6 Å². The van der Waals surface area contributed by atoms with Crippen LogP contribution in [-0.4, -0.2) is 112 Å². The van der Waals surface area contributed by atoms with Crippen molar-refractivity contribution in [2.75, 3.05) is 36.3 Å². The number of carbonyl (C=O) groups is 5. The Morgan fingerprint density at radius 3 is 1.57 bits per heavy atom. The number of hydrogen-bond acceptors (Lipinski definition) is 21. The number of amides is 1. The second-order valence-corrected chi connectivity index (χ2v) is 13.5. The predicted molar refractivity (Wildman–Crippen MR) is 234 cm³/mol. The fourth-order valence-corrected chi connectivity index (χ4v) is 5.26. The van der Waals surface area contributed by atoms with Crippen LogP contribution in [0.4, 0.5) is 23.3 Å². The van der Waals surface area contributed by atoms with Crippen molar-refractivity contribution < 1.29 is 78.0 Å². The van der Waals surface area contributed by atoms with Gasteiger partial charge in [-0.25, -0.2) is 24.7 Å². The van der Waals surface area contributed by atoms with Gasteiger partial charge in [0.1, 0.15) is 12.1 Å². The monoisotopic (exact) mass is 934 g/mol. The Bertz CT molecular complexity index is 2810. The number of hydrogen-bond donors (Lipinski definition) is 10. The van der Waals surface area contributed by atoms with Crippen LogP contribution < -0.4 is 73.8 Å². The molecule has 0 bridgehead atoms. The minimum atomic E-state index is -1.25. The number of nitrogens with two attached hydrogens (primary N) is 3. The predicted octanol–water partition coefficient (Wildman–Crippen LogP) is -3.24. The second kappa shape index (κ2) is 26.1. The van der Waals surface area contributed by atoms with E-state index in [0.717, 1.165) is 5.69 Å². The van der Waals surface area contributed by atoms with Crippen LogP contribution in [0.25, 0.3) is 22.3 Å². The molecule has 27 heteroatoms. The number of carboxylic acids is 2. The summed E-state index contributed by atoms with van der Waals surface area (Å²) in [6, 6.07) is 10.9. The number of carboxylic acid groups (broad SMARTS) is 2. The van der Waals surface area contributed by atoms with Gasteiger partial charge in [-0.2, -0.15) is 27.7 Å². The van der Waals surface area contributed by atoms with Crippen LogP contribution in [0.1, 0.15) is 53.0 Å². The summed E-state index contributed by atoms with van der Waals surface area (Å²) in [5.74, 6) is -3.99. The number of fused-ring (bicyclic) bond motifs is 2. The van der Waals surface area contributed by atoms with E-state index in [9.17, 15) is 43.5 Å². The van der Waals surface area contributed by atoms with Gasteiger partial charge in [-0.3, -0.25) is 38.7 Å². The molecule has 2 aromatic carbocycles. The molecular formula is C40H43N14NaO12. The summed E-state index contributed by atoms with van der Waals surface area (Å²) in [5.41, 5.74) is 18.9. The van der Waals surface area contributed by atoms with E-state index in [1.165, 1.54) is 38.7 Å². The zero-order chi connectivity index (χ0) is 48.3. The van der Waals surface area contributed by atoms with E-state index in [1.807, 2.05) is 0 Å². The van der Waals surface area contributed by atoms with Gasteiger partial charge >= 0.3 is 53.4 Å². The van der Waals surface area contributed by atoms with Gasteiger partial charge in [-0.15, -0.1) is 0 Å². The molecule has 0 saturated carbocycles. The molecule has 346 valence electrons. The Labute approximate surface area is 400 Å². The average Bonchev–Trinajstić information content (AvgIpc) is 3.31. The van der Waals surface area contributed by atoms with E-state index in [1.54, 1.807) is 42.7 Å². The molecule has 0 unspecified atom stereocenters. The molecule has 2 atom stereocenters. The Kier molecular flexibility index (Phi) is 20.8. The number of ether oxygens (including phenoxy) is 2. The molecule has 0 aliphatic rings. The third kappa shape index (κ3) is 16.9. The molecule has 6 aromatic rings. The fraction of sp³-hybridized carbons (Fsp3) is 0.250. The van der Waals surface area contributed by atoms with Crippen molar-refractivity contribution in [1.82, 2.24) is 45.2 Å². The van der Waals surface area contributed by atoms with Crippen molar-refractivity contribution in [3.8, 4) is 0 Å². The van der Waals surface area contributed by atoms with Gasteiger partial charge in [0, 0.05) is 29.8 Å². The second-order valence-electron chi connectivity index (χ2n) is 13.5. The Hall–Kier alpha value is -7.94. The largest absolute Gasteiger partial charge is 1.00 e. The van der Waals surface area contributed by atoms with Crippen molar-refractivity contribution in [3.05, 3.63) is 104 Å². The number of aromatic amines is 2. The Morgan fingerprint density at radius 1 is 0.701 bits per heavy atom. The summed E-state index contributed by atoms with van der Waals surface area (Å²) in [5, 5.41) is 26.1. The Morgan fingerprint density at radius 2 is 1.15 bits per heavy atom. The molecule has 0 aliphatic heterocycles. The molecule has 4 aromatic heterocycles. The number of aliphatic carboxylic acids is 2. The first-order valence-electron chi connectivity index (χ1n) is 19.2. The van der Waals surface area contributed by atoms with E-state index in [4.69, 9.17) is 22.3 Å². The van der Waals surface area contributed by atoms with E-state index in [2.05, 4.69) is 65.3 Å². The van der Waals surface area contributed by atoms with Crippen LogP contribution in [0.15, 0.2) is 70.5 Å². The number of rotatable bonds is 17. The van der Waals surface area contributed by atoms with Crippen LogP contribution in [0.5, 0.6) is 0 Å². The quantitative estimate of drug-likeness (QED) is 0.0244. The summed E-state index contributed by atoms with van der Waals surface area (Å²) in [6.07, 6.45) is 4.72. The average molecular weight is 935 g/mol. The van der Waals surface area contributed by atoms with E-state index in [0.29, 0.717) is 29.2 Å². The van der Waals surface area contributed by atoms with Crippen molar-refractivity contribution in [3.63, 3.8) is 0 Å². The number of aromatic nitrogens is 8. The number of H-pyrrole nitrogens is 2. The van der Waals surface area contributed by atoms with Crippen molar-refractivity contribution >= 4 is 81.7 Å². The summed E-state index contributed by atoms with van der Waals surface area (Å²) >= 11 is 0. The topological polar surface area (TPSA) is 419 Å². The number of methoxy groups -OCH3 is 2. The van der Waals surface area contributed by atoms with Gasteiger partial charge in [0.15, 0.2) is 22.3 Å². The van der Waals surface area contributed by atoms with E-state index >= 15 is 0 Å². The molecule has 1 amide bonds. The normalized spacial score (nSPS) is 11.1. The number of nitrogens with zero attached hydrogens (tertiary/aromatic N) is 6. The maximum atomic E-state index is 12.4. The summed E-state index contributed by atoms with van der Waals surface area (Å²) < 4.78 is 8.78. The number of nitrogen functional groups attached to an aromatic ring is 2. The first kappa shape index (κ1) is 53.4. The fourth-order valence-electron chi connectivity index (χ4n) is 5.26. The zero-order valence-electron chi connectivity index (χ0n) is 36.1. The minimum absolute atomic E-state index is 0. The molecular weight excluding hydrogens is 892 g/mol. The first-order valence-corrected chi connectivity index (χ1v) is 19.2. The number of nitrogens with one attached hydrogen (secondary N) is 5. The maximum absolute atomic E-state index is 12.4. The third-order valence-electron chi connectivity index (χ3n) is 8.74. The van der Waals surface area contributed by atoms with E-state index in [-0.39, 0.29) is 102 Å². The van der Waals surface area contributed by atoms with Crippen LogP contribution in [0.2, 0.25) is 0 Å². The molecule has 0 spiro atoms. The summed E-state index contributed by atoms with van der Waals surface area (Å²) in [4.78, 5) is 119. The van der Waals surface area contributed by atoms with Crippen LogP contribution in [0.3, 0.4) is 0 Å². The molecule has 13 N–H and O–H groups in total. The van der Waals surface area contributed by atoms with Crippen LogP contribution in [0, 0.1) is 0 Å². The summed E-state index contributed by atoms with van der Waals surface area (Å²) in [6.45, 7) is 0.615. The van der Waals surface area contributed by atoms with Gasteiger partial charge in [0.05, 0.1) is 57.4 Å². The molecule has 67 heavy (non-hydrogen) atoms. The molecule has 0 radical (unpaired) electrons. The standard InChI is InChI=1S/C20H21N7O6.C14H11N6O2.C6H11NO4.Na/c1-33-14(28)7-6-13(19(31)32)25-17(29)10-2-4-11(5-3-10)22-8-12-9-23-16-15(24-12)18(30)27-20(21)26-16;15-14-19-12-11(13(22)20-14)18-10(6-17-12)5-16-9-3-1-8(7-21)2-4-9;1-11-5(8)3-2-4(7)6(9)10;/h2-5,9,13,22H,6-8H2,1H3,(H,25,29)(H,31,32)(H3,21,23,26,27,30);1-4,6,16H,5H2,(H3,15,17,19,20,22);4H,2-3,7H2,1H3,(H,9,10);/q;-1;;+1/t13-;;4-;/m0.0./s1. The number of carbonyl (C=O) groups excluding carboxylic acids is 4. The van der Waals surface area contributed by atoms with Gasteiger partial charge in [-0.1, -0.05) is 12.1 Å². The van der Waals surface area contributed by atoms with Crippen LogP contribution in [-0.2, 0) is 46.5 Å². The minimum Gasteiger partial charge on any atom is -0.480 e.